The van der Waals surface area contributed by atoms with E-state index in [2.05, 4.69) is 0 Å². The van der Waals surface area contributed by atoms with E-state index in [-0.39, 0.29) is 35.5 Å². The van der Waals surface area contributed by atoms with E-state index in [1.165, 1.54) is 32.4 Å². The first-order valence-corrected chi connectivity index (χ1v) is 8.27. The molecule has 1 aliphatic heterocycles. The number of methoxy groups -OCH3 is 2. The number of hydrogen-bond acceptors (Lipinski definition) is 7. The minimum atomic E-state index is -0.433. The molecule has 1 saturated heterocycles. The minimum Gasteiger partial charge on any atom is -0.504 e. The van der Waals surface area contributed by atoms with Gasteiger partial charge in [0.05, 0.1) is 20.8 Å². The number of aromatic hydroxyl groups is 3. The van der Waals surface area contributed by atoms with Gasteiger partial charge in [-0.25, -0.2) is 4.79 Å². The zero-order valence-electron chi connectivity index (χ0n) is 14.9. The Morgan fingerprint density at radius 1 is 1.07 bits per heavy atom. The van der Waals surface area contributed by atoms with Gasteiger partial charge in [-0.3, -0.25) is 0 Å². The van der Waals surface area contributed by atoms with E-state index < -0.39 is 5.97 Å². The van der Waals surface area contributed by atoms with Crippen molar-refractivity contribution in [3.63, 3.8) is 0 Å². The first-order chi connectivity index (χ1) is 12.9. The maximum absolute atomic E-state index is 12.2. The molecular weight excluding hydrogens is 352 g/mol. The summed E-state index contributed by atoms with van der Waals surface area (Å²) in [7, 11) is 2.84. The Kier molecular flexibility index (Phi) is 5.12. The smallest absolute Gasteiger partial charge is 0.334 e. The summed E-state index contributed by atoms with van der Waals surface area (Å²) in [5, 5.41) is 29.3. The van der Waals surface area contributed by atoms with Gasteiger partial charge in [0.25, 0.3) is 0 Å². The lowest BCUT2D eigenvalue weighted by Gasteiger charge is -2.11. The summed E-state index contributed by atoms with van der Waals surface area (Å²) in [6.45, 7) is 0.231. The summed E-state index contributed by atoms with van der Waals surface area (Å²) in [5.41, 5.74) is 1.84. The SMILES string of the molecule is COc1cc(C[C@@H]2COC(=O)/C2=C\c2cc(O)c(O)c(OC)c2)ccc1O. The van der Waals surface area contributed by atoms with Crippen LogP contribution in [0.4, 0.5) is 0 Å². The minimum absolute atomic E-state index is 0.0439. The summed E-state index contributed by atoms with van der Waals surface area (Å²) in [6, 6.07) is 7.88. The molecule has 7 nitrogen and oxygen atoms in total. The van der Waals surface area contributed by atoms with Gasteiger partial charge < -0.3 is 29.5 Å². The first kappa shape index (κ1) is 18.4. The van der Waals surface area contributed by atoms with Crippen LogP contribution < -0.4 is 9.47 Å². The molecule has 3 rings (SSSR count). The number of hydrogen-bond donors (Lipinski definition) is 3. The Labute approximate surface area is 156 Å². The molecule has 1 aliphatic rings. The van der Waals surface area contributed by atoms with Crippen molar-refractivity contribution in [1.82, 2.24) is 0 Å². The molecule has 0 saturated carbocycles. The van der Waals surface area contributed by atoms with E-state index >= 15 is 0 Å². The zero-order chi connectivity index (χ0) is 19.6. The fourth-order valence-electron chi connectivity index (χ4n) is 3.03. The van der Waals surface area contributed by atoms with Gasteiger partial charge in [0.1, 0.15) is 0 Å². The highest BCUT2D eigenvalue weighted by molar-refractivity contribution is 5.96. The second-order valence-electron chi connectivity index (χ2n) is 6.20. The van der Waals surface area contributed by atoms with Gasteiger partial charge in [0, 0.05) is 11.5 Å². The van der Waals surface area contributed by atoms with Crippen LogP contribution in [0.25, 0.3) is 6.08 Å². The summed E-state index contributed by atoms with van der Waals surface area (Å²) in [4.78, 5) is 12.2. The second kappa shape index (κ2) is 7.49. The van der Waals surface area contributed by atoms with Crippen LogP contribution in [-0.2, 0) is 16.0 Å². The van der Waals surface area contributed by atoms with E-state index in [1.807, 2.05) is 0 Å². The van der Waals surface area contributed by atoms with Crippen LogP contribution in [0.1, 0.15) is 11.1 Å². The molecule has 7 heteroatoms. The highest BCUT2D eigenvalue weighted by Crippen LogP contribution is 2.38. The van der Waals surface area contributed by atoms with Crippen LogP contribution in [-0.4, -0.2) is 42.1 Å². The molecule has 0 amide bonds. The van der Waals surface area contributed by atoms with Gasteiger partial charge in [-0.15, -0.1) is 0 Å². The summed E-state index contributed by atoms with van der Waals surface area (Å²) < 4.78 is 15.3. The fourth-order valence-corrected chi connectivity index (χ4v) is 3.03. The molecule has 2 aromatic carbocycles. The molecule has 0 unspecified atom stereocenters. The number of cyclic esters (lactones) is 1. The third kappa shape index (κ3) is 3.76. The summed E-state index contributed by atoms with van der Waals surface area (Å²) >= 11 is 0. The molecule has 1 atom stereocenters. The van der Waals surface area contributed by atoms with Gasteiger partial charge in [0.15, 0.2) is 23.0 Å². The number of carbonyl (C=O) groups excluding carboxylic acids is 1. The average molecular weight is 372 g/mol. The fraction of sp³-hybridized carbons (Fsp3) is 0.250. The topological polar surface area (TPSA) is 105 Å². The molecule has 0 bridgehead atoms. The number of carbonyl (C=O) groups is 1. The Morgan fingerprint density at radius 3 is 2.52 bits per heavy atom. The van der Waals surface area contributed by atoms with Crippen molar-refractivity contribution in [2.45, 2.75) is 6.42 Å². The normalized spacial score (nSPS) is 17.8. The maximum Gasteiger partial charge on any atom is 0.334 e. The van der Waals surface area contributed by atoms with Crippen LogP contribution in [0, 0.1) is 5.92 Å². The Morgan fingerprint density at radius 2 is 1.81 bits per heavy atom. The summed E-state index contributed by atoms with van der Waals surface area (Å²) in [6.07, 6.45) is 2.12. The van der Waals surface area contributed by atoms with Crippen molar-refractivity contribution < 1.29 is 34.3 Å². The third-order valence-corrected chi connectivity index (χ3v) is 4.44. The number of rotatable bonds is 5. The van der Waals surface area contributed by atoms with Crippen molar-refractivity contribution in [2.75, 3.05) is 20.8 Å². The van der Waals surface area contributed by atoms with Crippen LogP contribution in [0.15, 0.2) is 35.9 Å². The van der Waals surface area contributed by atoms with Crippen molar-refractivity contribution in [1.29, 1.82) is 0 Å². The monoisotopic (exact) mass is 372 g/mol. The highest BCUT2D eigenvalue weighted by atomic mass is 16.5. The van der Waals surface area contributed by atoms with E-state index in [0.29, 0.717) is 23.3 Å². The Bertz CT molecular complexity index is 901. The molecule has 142 valence electrons. The van der Waals surface area contributed by atoms with Gasteiger partial charge in [-0.05, 0) is 47.9 Å². The molecule has 0 aliphatic carbocycles. The number of esters is 1. The number of benzene rings is 2. The molecule has 0 radical (unpaired) electrons. The number of phenols is 3. The second-order valence-corrected chi connectivity index (χ2v) is 6.20. The maximum atomic E-state index is 12.2. The molecular formula is C20H20O7. The lowest BCUT2D eigenvalue weighted by molar-refractivity contribution is -0.135. The van der Waals surface area contributed by atoms with E-state index in [4.69, 9.17) is 14.2 Å². The molecule has 2 aromatic rings. The molecule has 1 fully saturated rings. The molecule has 27 heavy (non-hydrogen) atoms. The van der Waals surface area contributed by atoms with E-state index in [9.17, 15) is 20.1 Å². The summed E-state index contributed by atoms with van der Waals surface area (Å²) in [5.74, 6) is -0.827. The Balaban J connectivity index is 1.91. The van der Waals surface area contributed by atoms with Crippen molar-refractivity contribution in [3.8, 4) is 28.7 Å². The Hall–Kier alpha value is -3.35. The van der Waals surface area contributed by atoms with Gasteiger partial charge in [0.2, 0.25) is 5.75 Å². The van der Waals surface area contributed by atoms with Gasteiger partial charge in [-0.1, -0.05) is 6.07 Å². The van der Waals surface area contributed by atoms with Crippen LogP contribution in [0.5, 0.6) is 28.7 Å². The van der Waals surface area contributed by atoms with Crippen LogP contribution in [0.3, 0.4) is 0 Å². The van der Waals surface area contributed by atoms with Crippen molar-refractivity contribution >= 4 is 12.0 Å². The predicted octanol–water partition coefficient (Wildman–Crippen LogP) is 2.62. The van der Waals surface area contributed by atoms with Crippen LogP contribution in [0.2, 0.25) is 0 Å². The van der Waals surface area contributed by atoms with Gasteiger partial charge in [-0.2, -0.15) is 0 Å². The molecule has 3 N–H and O–H groups in total. The third-order valence-electron chi connectivity index (χ3n) is 4.44. The quantitative estimate of drug-likeness (QED) is 0.421. The van der Waals surface area contributed by atoms with Crippen molar-refractivity contribution in [3.05, 3.63) is 47.0 Å². The van der Waals surface area contributed by atoms with E-state index in [0.717, 1.165) is 5.56 Å². The molecule has 1 heterocycles. The molecule has 0 spiro atoms. The predicted molar refractivity (Wildman–Crippen MR) is 97.1 cm³/mol. The highest BCUT2D eigenvalue weighted by Gasteiger charge is 2.31. The largest absolute Gasteiger partial charge is 0.504 e. The first-order valence-electron chi connectivity index (χ1n) is 8.27. The lowest BCUT2D eigenvalue weighted by Crippen LogP contribution is -2.07. The zero-order valence-corrected chi connectivity index (χ0v) is 14.9. The van der Waals surface area contributed by atoms with E-state index in [1.54, 1.807) is 18.2 Å². The number of ether oxygens (including phenoxy) is 3. The lowest BCUT2D eigenvalue weighted by atomic mass is 9.92. The molecule has 0 aromatic heterocycles. The number of phenolic OH excluding ortho intramolecular Hbond substituents is 3. The van der Waals surface area contributed by atoms with Gasteiger partial charge >= 0.3 is 5.97 Å². The van der Waals surface area contributed by atoms with Crippen LogP contribution >= 0.6 is 0 Å². The standard InChI is InChI=1S/C20H20O7/c1-25-17-8-11(3-4-15(17)21)5-13-10-27-20(24)14(13)6-12-7-16(22)19(23)18(9-12)26-2/h3-4,6-9,13,21-23H,5,10H2,1-2H3/b14-6-/t13-/m1/s1. The van der Waals surface area contributed by atoms with Crippen molar-refractivity contribution in [2.24, 2.45) is 5.92 Å². The average Bonchev–Trinajstić information content (AvgIpc) is 2.99.